The number of amides is 1. The van der Waals surface area contributed by atoms with Crippen LogP contribution in [0.3, 0.4) is 0 Å². The van der Waals surface area contributed by atoms with Crippen LogP contribution in [0, 0.1) is 0 Å². The van der Waals surface area contributed by atoms with Gasteiger partial charge in [-0.15, -0.1) is 0 Å². The van der Waals surface area contributed by atoms with Crippen LogP contribution in [-0.4, -0.2) is 54.1 Å². The maximum atomic E-state index is 12.8. The Labute approximate surface area is 172 Å². The predicted octanol–water partition coefficient (Wildman–Crippen LogP) is 2.20. The van der Waals surface area contributed by atoms with Gasteiger partial charge in [0, 0.05) is 38.4 Å². The number of aliphatic imine (C=N–C) groups is 1. The fourth-order valence-corrected chi connectivity index (χ4v) is 3.37. The molecule has 154 valence electrons. The zero-order valence-corrected chi connectivity index (χ0v) is 17.3. The van der Waals surface area contributed by atoms with Gasteiger partial charge in [0.05, 0.1) is 24.4 Å². The van der Waals surface area contributed by atoms with Crippen LogP contribution < -0.4 is 10.6 Å². The minimum absolute atomic E-state index is 0.0550. The first kappa shape index (κ1) is 20.8. The van der Waals surface area contributed by atoms with Crippen molar-refractivity contribution in [1.29, 1.82) is 0 Å². The fourth-order valence-electron chi connectivity index (χ4n) is 3.37. The van der Waals surface area contributed by atoms with Crippen molar-refractivity contribution in [1.82, 2.24) is 20.5 Å². The van der Waals surface area contributed by atoms with E-state index >= 15 is 0 Å². The average Bonchev–Trinajstić information content (AvgIpc) is 2.74. The number of hydrogen-bond donors (Lipinski definition) is 2. The summed E-state index contributed by atoms with van der Waals surface area (Å²) >= 11 is 0. The molecule has 7 nitrogen and oxygen atoms in total. The lowest BCUT2D eigenvalue weighted by Gasteiger charge is -2.35. The number of aromatic nitrogens is 1. The molecular weight excluding hydrogens is 366 g/mol. The van der Waals surface area contributed by atoms with Gasteiger partial charge >= 0.3 is 0 Å². The zero-order valence-electron chi connectivity index (χ0n) is 17.3. The largest absolute Gasteiger partial charge is 0.372 e. The number of pyridine rings is 1. The summed E-state index contributed by atoms with van der Waals surface area (Å²) in [4.78, 5) is 23.1. The SMILES string of the molecule is CN=C(NCc1ccc(C(=O)N2CC(C)OC(C)C2)cc1)NCc1ccccn1. The van der Waals surface area contributed by atoms with E-state index in [9.17, 15) is 4.79 Å². The van der Waals surface area contributed by atoms with Gasteiger partial charge in [-0.05, 0) is 43.7 Å². The van der Waals surface area contributed by atoms with Gasteiger partial charge in [-0.1, -0.05) is 18.2 Å². The molecule has 1 aromatic carbocycles. The van der Waals surface area contributed by atoms with Gasteiger partial charge in [-0.2, -0.15) is 0 Å². The highest BCUT2D eigenvalue weighted by molar-refractivity contribution is 5.94. The summed E-state index contributed by atoms with van der Waals surface area (Å²) in [6, 6.07) is 13.5. The summed E-state index contributed by atoms with van der Waals surface area (Å²) in [6.07, 6.45) is 1.90. The number of carbonyl (C=O) groups is 1. The van der Waals surface area contributed by atoms with E-state index in [1.54, 1.807) is 13.2 Å². The van der Waals surface area contributed by atoms with Gasteiger partial charge in [0.25, 0.3) is 5.91 Å². The van der Waals surface area contributed by atoms with E-state index in [1.165, 1.54) is 0 Å². The van der Waals surface area contributed by atoms with Crippen molar-refractivity contribution < 1.29 is 9.53 Å². The van der Waals surface area contributed by atoms with Crippen molar-refractivity contribution in [2.75, 3.05) is 20.1 Å². The van der Waals surface area contributed by atoms with Gasteiger partial charge < -0.3 is 20.3 Å². The maximum absolute atomic E-state index is 12.8. The van der Waals surface area contributed by atoms with Crippen LogP contribution >= 0.6 is 0 Å². The van der Waals surface area contributed by atoms with E-state index in [2.05, 4.69) is 20.6 Å². The Morgan fingerprint density at radius 2 is 1.79 bits per heavy atom. The zero-order chi connectivity index (χ0) is 20.6. The second-order valence-electron chi connectivity index (χ2n) is 7.26. The van der Waals surface area contributed by atoms with Crippen LogP contribution in [0.15, 0.2) is 53.7 Å². The number of rotatable bonds is 5. The van der Waals surface area contributed by atoms with Gasteiger partial charge in [0.15, 0.2) is 5.96 Å². The van der Waals surface area contributed by atoms with Gasteiger partial charge in [-0.25, -0.2) is 0 Å². The number of carbonyl (C=O) groups excluding carboxylic acids is 1. The molecule has 0 saturated carbocycles. The molecule has 1 fully saturated rings. The highest BCUT2D eigenvalue weighted by Crippen LogP contribution is 2.15. The minimum Gasteiger partial charge on any atom is -0.372 e. The van der Waals surface area contributed by atoms with Crippen LogP contribution in [0.4, 0.5) is 0 Å². The molecule has 1 amide bonds. The summed E-state index contributed by atoms with van der Waals surface area (Å²) in [5.41, 5.74) is 2.73. The molecule has 1 aliphatic rings. The van der Waals surface area contributed by atoms with E-state index in [4.69, 9.17) is 4.74 Å². The Kier molecular flexibility index (Phi) is 7.19. The van der Waals surface area contributed by atoms with Crippen LogP contribution in [-0.2, 0) is 17.8 Å². The normalized spacial score (nSPS) is 19.7. The quantitative estimate of drug-likeness (QED) is 0.599. The number of morpholine rings is 1. The summed E-state index contributed by atoms with van der Waals surface area (Å²) in [7, 11) is 1.74. The Morgan fingerprint density at radius 1 is 1.10 bits per heavy atom. The number of ether oxygens (including phenoxy) is 1. The molecule has 2 heterocycles. The molecule has 7 heteroatoms. The number of benzene rings is 1. The van der Waals surface area contributed by atoms with Crippen molar-refractivity contribution in [2.24, 2.45) is 4.99 Å². The smallest absolute Gasteiger partial charge is 0.254 e. The lowest BCUT2D eigenvalue weighted by atomic mass is 10.1. The molecule has 1 aliphatic heterocycles. The van der Waals surface area contributed by atoms with Crippen molar-refractivity contribution in [2.45, 2.75) is 39.1 Å². The molecule has 2 atom stereocenters. The van der Waals surface area contributed by atoms with Gasteiger partial charge in [0.2, 0.25) is 0 Å². The topological polar surface area (TPSA) is 78.9 Å². The van der Waals surface area contributed by atoms with E-state index in [-0.39, 0.29) is 18.1 Å². The van der Waals surface area contributed by atoms with Crippen molar-refractivity contribution in [3.63, 3.8) is 0 Å². The number of nitrogens with one attached hydrogen (secondary N) is 2. The molecule has 2 N–H and O–H groups in total. The molecule has 1 aromatic heterocycles. The van der Waals surface area contributed by atoms with Crippen molar-refractivity contribution >= 4 is 11.9 Å². The van der Waals surface area contributed by atoms with Crippen LogP contribution in [0.5, 0.6) is 0 Å². The van der Waals surface area contributed by atoms with Gasteiger partial charge in [0.1, 0.15) is 0 Å². The highest BCUT2D eigenvalue weighted by Gasteiger charge is 2.26. The molecule has 2 unspecified atom stereocenters. The van der Waals surface area contributed by atoms with Crippen LogP contribution in [0.25, 0.3) is 0 Å². The lowest BCUT2D eigenvalue weighted by Crippen LogP contribution is -2.48. The van der Waals surface area contributed by atoms with Crippen LogP contribution in [0.1, 0.15) is 35.5 Å². The molecule has 3 rings (SSSR count). The molecule has 29 heavy (non-hydrogen) atoms. The van der Waals surface area contributed by atoms with Gasteiger partial charge in [-0.3, -0.25) is 14.8 Å². The summed E-state index contributed by atoms with van der Waals surface area (Å²) in [5, 5.41) is 6.52. The lowest BCUT2D eigenvalue weighted by molar-refractivity contribution is -0.0586. The third-order valence-corrected chi connectivity index (χ3v) is 4.75. The van der Waals surface area contributed by atoms with E-state index in [1.807, 2.05) is 61.2 Å². The Bertz CT molecular complexity index is 813. The second kappa shape index (κ2) is 10.0. The van der Waals surface area contributed by atoms with E-state index in [0.717, 1.165) is 11.3 Å². The molecule has 0 spiro atoms. The summed E-state index contributed by atoms with van der Waals surface area (Å²) < 4.78 is 5.71. The third kappa shape index (κ3) is 6.02. The summed E-state index contributed by atoms with van der Waals surface area (Å²) in [6.45, 7) is 6.47. The average molecular weight is 396 g/mol. The first-order chi connectivity index (χ1) is 14.0. The van der Waals surface area contributed by atoms with E-state index < -0.39 is 0 Å². The molecular formula is C22H29N5O2. The maximum Gasteiger partial charge on any atom is 0.254 e. The monoisotopic (exact) mass is 395 g/mol. The third-order valence-electron chi connectivity index (χ3n) is 4.75. The molecule has 1 saturated heterocycles. The highest BCUT2D eigenvalue weighted by atomic mass is 16.5. The predicted molar refractivity (Wildman–Crippen MR) is 114 cm³/mol. The Balaban J connectivity index is 1.51. The molecule has 0 radical (unpaired) electrons. The minimum atomic E-state index is 0.0550. The summed E-state index contributed by atoms with van der Waals surface area (Å²) in [5.74, 6) is 0.756. The molecule has 2 aromatic rings. The fraction of sp³-hybridized carbons (Fsp3) is 0.409. The number of hydrogen-bond acceptors (Lipinski definition) is 4. The molecule has 0 bridgehead atoms. The standard InChI is InChI=1S/C22H29N5O2/c1-16-14-27(15-17(2)29-16)21(28)19-9-7-18(8-10-19)12-25-22(23-3)26-13-20-6-4-5-11-24-20/h4-11,16-17H,12-15H2,1-3H3,(H2,23,25,26). The first-order valence-electron chi connectivity index (χ1n) is 9.93. The van der Waals surface area contributed by atoms with Crippen LogP contribution in [0.2, 0.25) is 0 Å². The van der Waals surface area contributed by atoms with E-state index in [0.29, 0.717) is 37.7 Å². The second-order valence-corrected chi connectivity index (χ2v) is 7.26. The first-order valence-corrected chi connectivity index (χ1v) is 9.93. The number of guanidine groups is 1. The Hall–Kier alpha value is -2.93. The Morgan fingerprint density at radius 3 is 2.41 bits per heavy atom. The molecule has 0 aliphatic carbocycles. The van der Waals surface area contributed by atoms with Crippen molar-refractivity contribution in [3.8, 4) is 0 Å². The van der Waals surface area contributed by atoms with Crippen molar-refractivity contribution in [3.05, 3.63) is 65.5 Å². The number of nitrogens with zero attached hydrogens (tertiary/aromatic N) is 3.